The molecule has 0 radical (unpaired) electrons. The summed E-state index contributed by atoms with van der Waals surface area (Å²) in [6.45, 7) is 0. The molecule has 9 aromatic carbocycles. The maximum Gasteiger partial charge on any atom is 0.221 e. The molecule has 0 aliphatic carbocycles. The van der Waals surface area contributed by atoms with E-state index >= 15 is 0 Å². The summed E-state index contributed by atoms with van der Waals surface area (Å²) < 4.78 is 7.03. The first-order valence-electron chi connectivity index (χ1n) is 19.4. The topological polar surface area (TPSA) is 40.0 Å². The Labute approximate surface area is 325 Å². The van der Waals surface area contributed by atoms with Gasteiger partial charge in [0.2, 0.25) is 5.95 Å². The molecule has 57 heavy (non-hydrogen) atoms. The Morgan fingerprint density at radius 2 is 0.912 bits per heavy atom. The Morgan fingerprint density at radius 1 is 0.351 bits per heavy atom. The minimum Gasteiger partial charge on any atom is -0.309 e. The molecule has 0 saturated heterocycles. The van der Waals surface area contributed by atoms with Crippen molar-refractivity contribution in [2.75, 3.05) is 0 Å². The van der Waals surface area contributed by atoms with Crippen LogP contribution in [0.5, 0.6) is 0 Å². The van der Waals surface area contributed by atoms with Gasteiger partial charge in [-0.3, -0.25) is 8.97 Å². The molecule has 0 N–H and O–H groups in total. The highest BCUT2D eigenvalue weighted by molar-refractivity contribution is 6.22. The van der Waals surface area contributed by atoms with Crippen molar-refractivity contribution >= 4 is 92.7 Å². The van der Waals surface area contributed by atoms with Crippen molar-refractivity contribution < 1.29 is 0 Å². The lowest BCUT2D eigenvalue weighted by molar-refractivity contribution is 0.982. The molecule has 0 aliphatic heterocycles. The zero-order valence-electron chi connectivity index (χ0n) is 30.6. The van der Waals surface area contributed by atoms with Crippen LogP contribution < -0.4 is 0 Å². The smallest absolute Gasteiger partial charge is 0.221 e. The zero-order valence-corrected chi connectivity index (χ0v) is 30.6. The number of rotatable bonds is 3. The van der Waals surface area contributed by atoms with Gasteiger partial charge in [-0.15, -0.1) is 0 Å². The Hall–Kier alpha value is -7.76. The predicted molar refractivity (Wildman–Crippen MR) is 237 cm³/mol. The van der Waals surface area contributed by atoms with E-state index in [0.29, 0.717) is 0 Å². The SMILES string of the molecule is c1ccc2c(c1)ccc1c3ccccc3n(-c3ccc(-c4cc5c6ccccc6n(-c6nc7ccccc7c7nc8ccccc8n67)c5c5ccccc45)cc3)c21. The van der Waals surface area contributed by atoms with Gasteiger partial charge in [0.25, 0.3) is 0 Å². The van der Waals surface area contributed by atoms with E-state index in [4.69, 9.17) is 9.97 Å². The quantitative estimate of drug-likeness (QED) is 0.182. The third-order valence-electron chi connectivity index (χ3n) is 12.0. The van der Waals surface area contributed by atoms with Gasteiger partial charge >= 0.3 is 0 Å². The lowest BCUT2D eigenvalue weighted by atomic mass is 9.95. The maximum atomic E-state index is 5.44. The summed E-state index contributed by atoms with van der Waals surface area (Å²) >= 11 is 0. The summed E-state index contributed by atoms with van der Waals surface area (Å²) in [5.74, 6) is 0.824. The fraction of sp³-hybridized carbons (Fsp3) is 0. The van der Waals surface area contributed by atoms with E-state index in [1.807, 2.05) is 0 Å². The summed E-state index contributed by atoms with van der Waals surface area (Å²) in [5.41, 5.74) is 12.0. The molecule has 13 rings (SSSR count). The van der Waals surface area contributed by atoms with Crippen LogP contribution in [0.3, 0.4) is 0 Å². The first-order chi connectivity index (χ1) is 28.3. The predicted octanol–water partition coefficient (Wildman–Crippen LogP) is 13.2. The fourth-order valence-electron chi connectivity index (χ4n) is 9.54. The van der Waals surface area contributed by atoms with E-state index in [-0.39, 0.29) is 0 Å². The number of aromatic nitrogens is 5. The molecule has 0 bridgehead atoms. The molecular weight excluding hydrogens is 695 g/mol. The standard InChI is InChI=1S/C52H31N5/c1-2-14-35-32(13-1)27-30-40-37-16-6-10-22-46(37)55(49(35)40)34-28-25-33(26-29-34)42-31-43-38-17-7-11-23-47(38)56(50(43)39-18-4-3-15-36(39)42)52-54-44-20-8-5-19-41(44)51-53-45-21-9-12-24-48(45)57(51)52/h1-31H. The molecule has 0 spiro atoms. The lowest BCUT2D eigenvalue weighted by Crippen LogP contribution is -2.06. The molecule has 0 atom stereocenters. The average Bonchev–Trinajstić information content (AvgIpc) is 3.95. The van der Waals surface area contributed by atoms with Crippen molar-refractivity contribution in [2.24, 2.45) is 0 Å². The van der Waals surface area contributed by atoms with Crippen LogP contribution in [0.2, 0.25) is 0 Å². The monoisotopic (exact) mass is 725 g/mol. The number of fused-ring (bicyclic) bond motifs is 15. The van der Waals surface area contributed by atoms with Crippen molar-refractivity contribution in [1.82, 2.24) is 23.5 Å². The van der Waals surface area contributed by atoms with Crippen molar-refractivity contribution in [3.05, 3.63) is 188 Å². The average molecular weight is 726 g/mol. The minimum absolute atomic E-state index is 0.824. The molecule has 264 valence electrons. The Morgan fingerprint density at radius 3 is 1.70 bits per heavy atom. The molecule has 0 saturated carbocycles. The van der Waals surface area contributed by atoms with Crippen LogP contribution in [0.15, 0.2) is 188 Å². The number of nitrogens with zero attached hydrogens (tertiary/aromatic N) is 5. The fourth-order valence-corrected chi connectivity index (χ4v) is 9.54. The summed E-state index contributed by atoms with van der Waals surface area (Å²) in [4.78, 5) is 10.6. The van der Waals surface area contributed by atoms with Gasteiger partial charge in [0.1, 0.15) is 5.65 Å². The number of hydrogen-bond donors (Lipinski definition) is 0. The minimum atomic E-state index is 0.824. The molecule has 0 aliphatic rings. The molecule has 5 heteroatoms. The second kappa shape index (κ2) is 11.4. The van der Waals surface area contributed by atoms with Gasteiger partial charge in [0, 0.05) is 43.4 Å². The van der Waals surface area contributed by atoms with Gasteiger partial charge in [0.05, 0.1) is 38.6 Å². The molecule has 5 nitrogen and oxygen atoms in total. The molecule has 0 fully saturated rings. The highest BCUT2D eigenvalue weighted by Gasteiger charge is 2.23. The first kappa shape index (κ1) is 30.6. The summed E-state index contributed by atoms with van der Waals surface area (Å²) in [5, 5.41) is 10.8. The van der Waals surface area contributed by atoms with E-state index in [0.717, 1.165) is 50.3 Å². The van der Waals surface area contributed by atoms with Crippen LogP contribution >= 0.6 is 0 Å². The van der Waals surface area contributed by atoms with Crippen molar-refractivity contribution in [3.8, 4) is 22.8 Å². The second-order valence-electron chi connectivity index (χ2n) is 15.0. The number of para-hydroxylation sites is 5. The largest absolute Gasteiger partial charge is 0.309 e. The van der Waals surface area contributed by atoms with E-state index < -0.39 is 0 Å². The normalized spacial score (nSPS) is 12.2. The number of benzene rings is 9. The van der Waals surface area contributed by atoms with Gasteiger partial charge in [-0.2, -0.15) is 0 Å². The van der Waals surface area contributed by atoms with Gasteiger partial charge in [-0.05, 0) is 76.5 Å². The molecular formula is C52H31N5. The van der Waals surface area contributed by atoms with Gasteiger partial charge < -0.3 is 4.57 Å². The van der Waals surface area contributed by atoms with Gasteiger partial charge in [-0.1, -0.05) is 133 Å². The maximum absolute atomic E-state index is 5.44. The van der Waals surface area contributed by atoms with Crippen LogP contribution in [0, 0.1) is 0 Å². The van der Waals surface area contributed by atoms with E-state index in [9.17, 15) is 0 Å². The van der Waals surface area contributed by atoms with Crippen molar-refractivity contribution in [2.45, 2.75) is 0 Å². The van der Waals surface area contributed by atoms with E-state index in [2.05, 4.69) is 202 Å². The van der Waals surface area contributed by atoms with Crippen LogP contribution in [0.4, 0.5) is 0 Å². The van der Waals surface area contributed by atoms with Gasteiger partial charge in [0.15, 0.2) is 0 Å². The molecule has 13 aromatic rings. The summed E-state index contributed by atoms with van der Waals surface area (Å²) in [6, 6.07) is 67.8. The van der Waals surface area contributed by atoms with Crippen molar-refractivity contribution in [3.63, 3.8) is 0 Å². The van der Waals surface area contributed by atoms with E-state index in [1.165, 1.54) is 65.3 Å². The summed E-state index contributed by atoms with van der Waals surface area (Å²) in [7, 11) is 0. The molecule has 4 heterocycles. The highest BCUT2D eigenvalue weighted by atomic mass is 15.2. The zero-order chi connectivity index (χ0) is 37.2. The lowest BCUT2D eigenvalue weighted by Gasteiger charge is -2.15. The first-order valence-corrected chi connectivity index (χ1v) is 19.4. The van der Waals surface area contributed by atoms with Crippen LogP contribution in [-0.4, -0.2) is 23.5 Å². The second-order valence-corrected chi connectivity index (χ2v) is 15.0. The Kier molecular flexibility index (Phi) is 6.10. The van der Waals surface area contributed by atoms with Crippen molar-refractivity contribution in [1.29, 1.82) is 0 Å². The number of hydrogen-bond acceptors (Lipinski definition) is 2. The highest BCUT2D eigenvalue weighted by Crippen LogP contribution is 2.43. The number of imidazole rings is 1. The summed E-state index contributed by atoms with van der Waals surface area (Å²) in [6.07, 6.45) is 0. The van der Waals surface area contributed by atoms with Crippen LogP contribution in [0.25, 0.3) is 116 Å². The van der Waals surface area contributed by atoms with Gasteiger partial charge in [-0.25, -0.2) is 9.97 Å². The van der Waals surface area contributed by atoms with Crippen LogP contribution in [0.1, 0.15) is 0 Å². The third kappa shape index (κ3) is 4.17. The van der Waals surface area contributed by atoms with E-state index in [1.54, 1.807) is 0 Å². The Balaban J connectivity index is 1.08. The van der Waals surface area contributed by atoms with Crippen LogP contribution in [-0.2, 0) is 0 Å². The third-order valence-corrected chi connectivity index (χ3v) is 12.0. The molecule has 4 aromatic heterocycles. The Bertz CT molecular complexity index is 3810. The molecule has 0 unspecified atom stereocenters. The molecule has 0 amide bonds.